The highest BCUT2D eigenvalue weighted by atomic mass is 16.5. The topological polar surface area (TPSA) is 163 Å². The molecule has 2 heterocycles. The predicted molar refractivity (Wildman–Crippen MR) is 195 cm³/mol. The summed E-state index contributed by atoms with van der Waals surface area (Å²) in [5, 5.41) is 9.14. The lowest BCUT2D eigenvalue weighted by molar-refractivity contribution is -0.143. The number of urea groups is 1. The molecule has 5 N–H and O–H groups in total. The molecular formula is C39H66N6O6. The lowest BCUT2D eigenvalue weighted by Crippen LogP contribution is -2.62. The number of primary amides is 1. The molecule has 0 radical (unpaired) electrons. The molecule has 3 saturated carbocycles. The Bertz CT molecular complexity index is 1370. The Kier molecular flexibility index (Phi) is 10.8. The quantitative estimate of drug-likeness (QED) is 0.237. The molecule has 5 amide bonds. The van der Waals surface area contributed by atoms with Gasteiger partial charge in [-0.3, -0.25) is 24.1 Å². The van der Waals surface area contributed by atoms with E-state index >= 15 is 0 Å². The van der Waals surface area contributed by atoms with Gasteiger partial charge < -0.3 is 31.3 Å². The number of ether oxygens (including phenoxy) is 1. The number of fused-ring (bicyclic) bond motifs is 1. The first-order chi connectivity index (χ1) is 23.5. The van der Waals surface area contributed by atoms with E-state index < -0.39 is 47.2 Å². The molecular weight excluding hydrogens is 648 g/mol. The van der Waals surface area contributed by atoms with Gasteiger partial charge in [0.2, 0.25) is 17.6 Å². The summed E-state index contributed by atoms with van der Waals surface area (Å²) < 4.78 is 5.93. The minimum atomic E-state index is -1.07. The lowest BCUT2D eigenvalue weighted by atomic mass is 9.73. The molecule has 2 aliphatic heterocycles. The molecule has 2 unspecified atom stereocenters. The zero-order valence-electron chi connectivity index (χ0n) is 32.9. The average Bonchev–Trinajstić information content (AvgIpc) is 3.18. The Morgan fingerprint density at radius 2 is 1.47 bits per heavy atom. The van der Waals surface area contributed by atoms with Gasteiger partial charge in [-0.15, -0.1) is 0 Å². The number of amides is 5. The molecule has 5 aliphatic rings. The summed E-state index contributed by atoms with van der Waals surface area (Å²) in [5.41, 5.74) is 4.22. The monoisotopic (exact) mass is 715 g/mol. The third-order valence-corrected chi connectivity index (χ3v) is 13.7. The van der Waals surface area contributed by atoms with Crippen LogP contribution in [0.25, 0.3) is 0 Å². The molecule has 2 spiro atoms. The van der Waals surface area contributed by atoms with Crippen molar-refractivity contribution in [1.82, 2.24) is 25.8 Å². The maximum absolute atomic E-state index is 14.9. The number of ketones is 1. The molecule has 5 rings (SSSR count). The Morgan fingerprint density at radius 1 is 0.863 bits per heavy atom. The van der Waals surface area contributed by atoms with E-state index in [-0.39, 0.29) is 51.7 Å². The second kappa shape index (κ2) is 13.9. The number of rotatable bonds is 11. The summed E-state index contributed by atoms with van der Waals surface area (Å²) in [4.78, 5) is 72.0. The van der Waals surface area contributed by atoms with E-state index in [4.69, 9.17) is 10.5 Å². The van der Waals surface area contributed by atoms with Crippen molar-refractivity contribution in [3.63, 3.8) is 0 Å². The molecule has 0 aromatic heterocycles. The van der Waals surface area contributed by atoms with Gasteiger partial charge in [0.25, 0.3) is 5.91 Å². The van der Waals surface area contributed by atoms with Crippen molar-refractivity contribution in [2.45, 2.75) is 157 Å². The van der Waals surface area contributed by atoms with Gasteiger partial charge in [-0.1, -0.05) is 81.1 Å². The zero-order chi connectivity index (χ0) is 37.9. The third kappa shape index (κ3) is 7.42. The summed E-state index contributed by atoms with van der Waals surface area (Å²) >= 11 is 0. The van der Waals surface area contributed by atoms with Gasteiger partial charge in [-0.25, -0.2) is 4.79 Å². The van der Waals surface area contributed by atoms with Gasteiger partial charge in [0, 0.05) is 37.6 Å². The second-order valence-electron chi connectivity index (χ2n) is 19.5. The Morgan fingerprint density at radius 3 is 1.92 bits per heavy atom. The van der Waals surface area contributed by atoms with E-state index in [0.717, 1.165) is 51.6 Å². The standard InChI is InChI=1S/C39H66N6O6/c1-23-19-44(20-24(2)51-23)21-28(35(3,4)5)42-34(50)43-30(36(6,7)8)33(49)45-22-39(37(9,10)38(39)15-12-16-38)18-27(45)32(48)41-26(29(46)31(40)47)17-25-13-11-14-25/h23-28,30H,11-22H2,1-10H3,(H2,40,47)(H,41,48)(H2,42,43,50)/t23-,24+,26?,27-,28+,30+,39?/m0/s1. The van der Waals surface area contributed by atoms with Crippen LogP contribution in [-0.2, 0) is 23.9 Å². The van der Waals surface area contributed by atoms with E-state index in [1.165, 1.54) is 0 Å². The first-order valence-corrected chi connectivity index (χ1v) is 19.4. The highest BCUT2D eigenvalue weighted by molar-refractivity contribution is 6.37. The van der Waals surface area contributed by atoms with E-state index in [1.807, 2.05) is 20.8 Å². The summed E-state index contributed by atoms with van der Waals surface area (Å²) in [6, 6.07) is -3.43. The van der Waals surface area contributed by atoms with Crippen molar-refractivity contribution in [3.05, 3.63) is 0 Å². The SMILES string of the molecule is C[C@@H]1CN(C[C@@H](NC(=O)N[C@H](C(=O)N2CC3(C[C@H]2C(=O)NC(CC2CCC2)C(=O)C(N)=O)C(C)(C)C32CCC2)C(C)(C)C)C(C)(C)C)C[C@H](C)O1. The number of nitrogens with one attached hydrogen (secondary N) is 3. The van der Waals surface area contributed by atoms with E-state index in [0.29, 0.717) is 25.9 Å². The number of carbonyl (C=O) groups excluding carboxylic acids is 5. The Labute approximate surface area is 305 Å². The second-order valence-corrected chi connectivity index (χ2v) is 19.5. The number of likely N-dealkylation sites (tertiary alicyclic amines) is 1. The fourth-order valence-electron chi connectivity index (χ4n) is 10.2. The maximum Gasteiger partial charge on any atom is 0.315 e. The summed E-state index contributed by atoms with van der Waals surface area (Å²) in [6.07, 6.45) is 7.19. The zero-order valence-corrected chi connectivity index (χ0v) is 32.9. The van der Waals surface area contributed by atoms with Crippen LogP contribution in [0.2, 0.25) is 0 Å². The predicted octanol–water partition coefficient (Wildman–Crippen LogP) is 3.75. The molecule has 2 saturated heterocycles. The van der Waals surface area contributed by atoms with Crippen LogP contribution in [0.5, 0.6) is 0 Å². The fourth-order valence-corrected chi connectivity index (χ4v) is 10.2. The van der Waals surface area contributed by atoms with Gasteiger partial charge in [-0.05, 0) is 67.1 Å². The van der Waals surface area contributed by atoms with Crippen molar-refractivity contribution in [2.24, 2.45) is 38.7 Å². The number of carbonyl (C=O) groups is 5. The highest BCUT2D eigenvalue weighted by Gasteiger charge is 2.85. The molecule has 5 fully saturated rings. The molecule has 0 bridgehead atoms. The number of nitrogens with zero attached hydrogens (tertiary/aromatic N) is 2. The Balaban J connectivity index is 1.38. The van der Waals surface area contributed by atoms with Crippen LogP contribution >= 0.6 is 0 Å². The molecule has 3 aliphatic carbocycles. The third-order valence-electron chi connectivity index (χ3n) is 13.7. The molecule has 288 valence electrons. The van der Waals surface area contributed by atoms with Crippen molar-refractivity contribution in [3.8, 4) is 0 Å². The van der Waals surface area contributed by atoms with E-state index in [1.54, 1.807) is 4.90 Å². The van der Waals surface area contributed by atoms with Crippen LogP contribution in [0.1, 0.15) is 121 Å². The number of Topliss-reactive ketones (excluding diaryl/α,β-unsaturated/α-hetero) is 1. The number of nitrogens with two attached hydrogens (primary N) is 1. The van der Waals surface area contributed by atoms with Gasteiger partial charge in [0.1, 0.15) is 12.1 Å². The maximum atomic E-state index is 14.9. The van der Waals surface area contributed by atoms with Crippen molar-refractivity contribution in [1.29, 1.82) is 0 Å². The van der Waals surface area contributed by atoms with Crippen LogP contribution < -0.4 is 21.7 Å². The van der Waals surface area contributed by atoms with Gasteiger partial charge in [-0.2, -0.15) is 0 Å². The summed E-state index contributed by atoms with van der Waals surface area (Å²) in [6.45, 7) is 23.3. The van der Waals surface area contributed by atoms with Crippen molar-refractivity contribution >= 4 is 29.5 Å². The molecule has 12 heteroatoms. The number of hydrogen-bond acceptors (Lipinski definition) is 7. The van der Waals surface area contributed by atoms with E-state index in [9.17, 15) is 24.0 Å². The van der Waals surface area contributed by atoms with Crippen LogP contribution in [0, 0.1) is 33.0 Å². The molecule has 12 nitrogen and oxygen atoms in total. The minimum absolute atomic E-state index is 0.0540. The van der Waals surface area contributed by atoms with Gasteiger partial charge >= 0.3 is 6.03 Å². The van der Waals surface area contributed by atoms with E-state index in [2.05, 4.69) is 69.3 Å². The number of morpholine rings is 1. The molecule has 7 atom stereocenters. The van der Waals surface area contributed by atoms with Crippen LogP contribution in [0.3, 0.4) is 0 Å². The largest absolute Gasteiger partial charge is 0.373 e. The Hall–Kier alpha value is -2.73. The van der Waals surface area contributed by atoms with Gasteiger partial charge in [0.15, 0.2) is 0 Å². The average molecular weight is 715 g/mol. The summed E-state index contributed by atoms with van der Waals surface area (Å²) in [5.74, 6) is -2.38. The smallest absolute Gasteiger partial charge is 0.315 e. The lowest BCUT2D eigenvalue weighted by Gasteiger charge is -2.41. The van der Waals surface area contributed by atoms with Crippen LogP contribution in [0.15, 0.2) is 0 Å². The minimum Gasteiger partial charge on any atom is -0.373 e. The first kappa shape index (κ1) is 39.5. The normalized spacial score (nSPS) is 30.5. The first-order valence-electron chi connectivity index (χ1n) is 19.4. The van der Waals surface area contributed by atoms with Gasteiger partial charge in [0.05, 0.1) is 18.2 Å². The number of hydrogen-bond donors (Lipinski definition) is 4. The summed E-state index contributed by atoms with van der Waals surface area (Å²) in [7, 11) is 0. The fraction of sp³-hybridized carbons (Fsp3) is 0.872. The highest BCUT2D eigenvalue weighted by Crippen LogP contribution is 2.88. The molecule has 0 aromatic carbocycles. The van der Waals surface area contributed by atoms with Crippen molar-refractivity contribution < 1.29 is 28.7 Å². The van der Waals surface area contributed by atoms with Crippen LogP contribution in [0.4, 0.5) is 4.79 Å². The molecule has 0 aromatic rings. The van der Waals surface area contributed by atoms with Crippen LogP contribution in [-0.4, -0.2) is 102 Å². The molecule has 51 heavy (non-hydrogen) atoms. The van der Waals surface area contributed by atoms with Crippen molar-refractivity contribution in [2.75, 3.05) is 26.2 Å².